The summed E-state index contributed by atoms with van der Waals surface area (Å²) in [7, 11) is 0. The fourth-order valence-corrected chi connectivity index (χ4v) is 2.84. The summed E-state index contributed by atoms with van der Waals surface area (Å²) in [5.74, 6) is -3.78. The Morgan fingerprint density at radius 2 is 2.00 bits per heavy atom. The van der Waals surface area contributed by atoms with Crippen molar-refractivity contribution < 1.29 is 13.2 Å². The molecule has 2 fully saturated rings. The topological polar surface area (TPSA) is 3.24 Å². The van der Waals surface area contributed by atoms with Gasteiger partial charge in [0.2, 0.25) is 0 Å². The van der Waals surface area contributed by atoms with Gasteiger partial charge in [0.1, 0.15) is 5.82 Å². The van der Waals surface area contributed by atoms with Gasteiger partial charge in [-0.15, -0.1) is 0 Å². The molecule has 0 bridgehead atoms. The number of hydrogen-bond donors (Lipinski definition) is 0. The normalized spacial score (nSPS) is 28.3. The first-order valence-electron chi connectivity index (χ1n) is 6.23. The van der Waals surface area contributed by atoms with E-state index < -0.39 is 17.8 Å². The molecule has 0 aromatic heterocycles. The average Bonchev–Trinajstić information content (AvgIpc) is 2.73. The number of fused-ring (bicyclic) bond motifs is 1. The monoisotopic (exact) mass is 254 g/mol. The predicted molar refractivity (Wildman–Crippen MR) is 64.2 cm³/mol. The summed E-state index contributed by atoms with van der Waals surface area (Å²) in [6.45, 7) is 2.57. The van der Waals surface area contributed by atoms with Crippen molar-refractivity contribution in [3.8, 4) is 0 Å². The van der Waals surface area contributed by atoms with Crippen molar-refractivity contribution in [3.63, 3.8) is 0 Å². The lowest BCUT2D eigenvalue weighted by molar-refractivity contribution is 0.0797. The van der Waals surface area contributed by atoms with Crippen LogP contribution in [0.2, 0.25) is 0 Å². The number of hydrogen-bond acceptors (Lipinski definition) is 1. The molecule has 1 nitrogen and oxygen atoms in total. The van der Waals surface area contributed by atoms with E-state index >= 15 is 0 Å². The Kier molecular flexibility index (Phi) is 2.57. The average molecular weight is 254 g/mol. The largest absolute Gasteiger partial charge is 0.370 e. The highest BCUT2D eigenvalue weighted by atomic mass is 19.3. The maximum atomic E-state index is 13.8. The van der Waals surface area contributed by atoms with Crippen molar-refractivity contribution in [1.82, 2.24) is 0 Å². The highest BCUT2D eigenvalue weighted by Gasteiger charge is 2.71. The van der Waals surface area contributed by atoms with Crippen LogP contribution < -0.4 is 4.90 Å². The minimum Gasteiger partial charge on any atom is -0.370 e. The molecule has 0 amide bonds. The molecule has 3 rings (SSSR count). The van der Waals surface area contributed by atoms with Gasteiger partial charge < -0.3 is 4.90 Å². The second kappa shape index (κ2) is 3.90. The fraction of sp³-hybridized carbons (Fsp3) is 0.500. The van der Waals surface area contributed by atoms with E-state index in [2.05, 4.69) is 0 Å². The zero-order chi connectivity index (χ0) is 12.9. The molecular weight excluding hydrogens is 239 g/mol. The minimum absolute atomic E-state index is 0.252. The third-order valence-electron chi connectivity index (χ3n) is 4.03. The van der Waals surface area contributed by atoms with Gasteiger partial charge in [0.05, 0.1) is 11.8 Å². The van der Waals surface area contributed by atoms with E-state index in [9.17, 15) is 13.2 Å². The van der Waals surface area contributed by atoms with Crippen molar-refractivity contribution in [2.24, 2.45) is 11.8 Å². The van der Waals surface area contributed by atoms with Crippen LogP contribution in [0, 0.1) is 24.1 Å². The van der Waals surface area contributed by atoms with Gasteiger partial charge >= 0.3 is 0 Å². The SMILES string of the molecule is C[CH]Cc1ccc(N2CC3C(C2)C3(F)F)cc1F. The Labute approximate surface area is 105 Å². The molecule has 1 aliphatic heterocycles. The summed E-state index contributed by atoms with van der Waals surface area (Å²) < 4.78 is 39.9. The van der Waals surface area contributed by atoms with Crippen LogP contribution in [0.4, 0.5) is 18.9 Å². The van der Waals surface area contributed by atoms with Crippen LogP contribution in [0.25, 0.3) is 0 Å². The van der Waals surface area contributed by atoms with Gasteiger partial charge in [-0.3, -0.25) is 0 Å². The van der Waals surface area contributed by atoms with Crippen molar-refractivity contribution in [2.45, 2.75) is 19.3 Å². The second-order valence-electron chi connectivity index (χ2n) is 5.18. The number of benzene rings is 1. The van der Waals surface area contributed by atoms with Crippen LogP contribution >= 0.6 is 0 Å². The minimum atomic E-state index is -2.48. The molecule has 4 heteroatoms. The van der Waals surface area contributed by atoms with Gasteiger partial charge in [0.25, 0.3) is 5.92 Å². The fourth-order valence-electron chi connectivity index (χ4n) is 2.84. The number of nitrogens with zero attached hydrogens (tertiary/aromatic N) is 1. The van der Waals surface area contributed by atoms with Gasteiger partial charge in [-0.1, -0.05) is 13.0 Å². The summed E-state index contributed by atoms with van der Waals surface area (Å²) >= 11 is 0. The molecule has 0 N–H and O–H groups in total. The molecule has 1 aromatic carbocycles. The van der Waals surface area contributed by atoms with Crippen molar-refractivity contribution in [1.29, 1.82) is 0 Å². The summed E-state index contributed by atoms with van der Waals surface area (Å²) in [6, 6.07) is 5.03. The van der Waals surface area contributed by atoms with Gasteiger partial charge in [-0.2, -0.15) is 0 Å². The zero-order valence-corrected chi connectivity index (χ0v) is 10.2. The molecule has 2 aliphatic rings. The standard InChI is InChI=1S/C14H15F3N/c1-2-3-9-4-5-10(6-13(9)15)18-7-11-12(8-18)14(11,16)17/h2,4-6,11-12H,3,7-8H2,1H3. The third kappa shape index (κ3) is 1.70. The lowest BCUT2D eigenvalue weighted by Crippen LogP contribution is -2.27. The smallest absolute Gasteiger partial charge is 0.258 e. The lowest BCUT2D eigenvalue weighted by atomic mass is 10.1. The first-order valence-corrected chi connectivity index (χ1v) is 6.23. The highest BCUT2D eigenvalue weighted by molar-refractivity contribution is 5.51. The van der Waals surface area contributed by atoms with Crippen LogP contribution in [0.15, 0.2) is 18.2 Å². The molecule has 1 aromatic rings. The first-order chi connectivity index (χ1) is 8.54. The maximum Gasteiger partial charge on any atom is 0.258 e. The van der Waals surface area contributed by atoms with Gasteiger partial charge in [0, 0.05) is 18.8 Å². The molecule has 1 saturated heterocycles. The van der Waals surface area contributed by atoms with Crippen molar-refractivity contribution in [3.05, 3.63) is 36.0 Å². The van der Waals surface area contributed by atoms with Gasteiger partial charge in [-0.25, -0.2) is 13.2 Å². The Hall–Kier alpha value is -1.19. The summed E-state index contributed by atoms with van der Waals surface area (Å²) in [5, 5.41) is 0. The quantitative estimate of drug-likeness (QED) is 0.800. The Bertz CT molecular complexity index is 458. The molecule has 1 heterocycles. The van der Waals surface area contributed by atoms with Crippen LogP contribution in [-0.4, -0.2) is 19.0 Å². The van der Waals surface area contributed by atoms with Crippen LogP contribution in [0.5, 0.6) is 0 Å². The summed E-state index contributed by atoms with van der Waals surface area (Å²) in [4.78, 5) is 1.86. The van der Waals surface area contributed by atoms with E-state index in [-0.39, 0.29) is 5.82 Å². The molecule has 0 spiro atoms. The van der Waals surface area contributed by atoms with E-state index in [1.54, 1.807) is 6.07 Å². The van der Waals surface area contributed by atoms with E-state index in [4.69, 9.17) is 0 Å². The molecule has 1 saturated carbocycles. The molecule has 2 unspecified atom stereocenters. The molecule has 97 valence electrons. The number of piperidine rings is 1. The lowest BCUT2D eigenvalue weighted by Gasteiger charge is -2.22. The van der Waals surface area contributed by atoms with Crippen LogP contribution in [-0.2, 0) is 6.42 Å². The Morgan fingerprint density at radius 1 is 1.33 bits per heavy atom. The first kappa shape index (κ1) is 11.9. The van der Waals surface area contributed by atoms with Crippen LogP contribution in [0.3, 0.4) is 0 Å². The Morgan fingerprint density at radius 3 is 2.56 bits per heavy atom. The van der Waals surface area contributed by atoms with Crippen molar-refractivity contribution >= 4 is 5.69 Å². The molecular formula is C14H15F3N. The van der Waals surface area contributed by atoms with E-state index in [1.807, 2.05) is 24.3 Å². The number of alkyl halides is 2. The van der Waals surface area contributed by atoms with E-state index in [1.165, 1.54) is 6.07 Å². The summed E-state index contributed by atoms with van der Waals surface area (Å²) in [6.07, 6.45) is 2.49. The van der Waals surface area contributed by atoms with Gasteiger partial charge in [-0.05, 0) is 30.5 Å². The number of anilines is 1. The second-order valence-corrected chi connectivity index (χ2v) is 5.18. The maximum absolute atomic E-state index is 13.8. The van der Waals surface area contributed by atoms with E-state index in [0.717, 1.165) is 5.69 Å². The zero-order valence-electron chi connectivity index (χ0n) is 10.2. The number of halogens is 3. The predicted octanol–water partition coefficient (Wildman–Crippen LogP) is 3.29. The molecule has 18 heavy (non-hydrogen) atoms. The summed E-state index contributed by atoms with van der Waals surface area (Å²) in [5.41, 5.74) is 1.37. The molecule has 1 aliphatic carbocycles. The third-order valence-corrected chi connectivity index (χ3v) is 4.03. The number of rotatable bonds is 3. The van der Waals surface area contributed by atoms with Crippen molar-refractivity contribution in [2.75, 3.05) is 18.0 Å². The Balaban J connectivity index is 1.73. The van der Waals surface area contributed by atoms with Gasteiger partial charge in [0.15, 0.2) is 0 Å². The highest BCUT2D eigenvalue weighted by Crippen LogP contribution is 2.59. The molecule has 1 radical (unpaired) electrons. The van der Waals surface area contributed by atoms with E-state index in [0.29, 0.717) is 25.1 Å². The van der Waals surface area contributed by atoms with Crippen LogP contribution in [0.1, 0.15) is 12.5 Å². The molecule has 2 atom stereocenters.